The van der Waals surface area contributed by atoms with E-state index in [-0.39, 0.29) is 11.5 Å². The molecule has 1 aromatic heterocycles. The molecule has 0 spiro atoms. The van der Waals surface area contributed by atoms with Crippen molar-refractivity contribution >= 4 is 45.9 Å². The second kappa shape index (κ2) is 8.39. The molecule has 0 bridgehead atoms. The van der Waals surface area contributed by atoms with Crippen LogP contribution in [0.5, 0.6) is 5.75 Å². The molecule has 0 atom stereocenters. The Bertz CT molecular complexity index is 1410. The highest BCUT2D eigenvalue weighted by Gasteiger charge is 2.07. The minimum absolute atomic E-state index is 0.135. The van der Waals surface area contributed by atoms with Crippen molar-refractivity contribution in [2.24, 2.45) is 7.05 Å². The lowest BCUT2D eigenvalue weighted by Crippen LogP contribution is -2.29. The number of carbonyl (C=O) groups excluding carboxylic acids is 1. The van der Waals surface area contributed by atoms with E-state index in [1.54, 1.807) is 26.3 Å². The number of fused-ring (bicyclic) bond motifs is 1. The molecule has 5 nitrogen and oxygen atoms in total. The largest absolute Gasteiger partial charge is 0.495 e. The predicted molar refractivity (Wildman–Crippen MR) is 122 cm³/mol. The first-order valence-corrected chi connectivity index (χ1v) is 10.2. The maximum absolute atomic E-state index is 12.7. The van der Waals surface area contributed by atoms with Crippen molar-refractivity contribution in [3.63, 3.8) is 0 Å². The van der Waals surface area contributed by atoms with Gasteiger partial charge in [0.1, 0.15) is 10.4 Å². The standard InChI is InChI=1S/C24H20N2O3S/c1-26-23(15-22(27)25-19-12-5-6-13-20(19)29-2)30-21(24(26)28)14-17-10-7-9-16-8-3-4-11-18(16)17/h3-15H,1-2H3,(H,25,27)/b21-14-,23-15-. The quantitative estimate of drug-likeness (QED) is 0.557. The molecular formula is C24H20N2O3S. The van der Waals surface area contributed by atoms with E-state index in [1.807, 2.05) is 60.7 Å². The second-order valence-electron chi connectivity index (χ2n) is 6.72. The molecule has 0 aliphatic carbocycles. The average Bonchev–Trinajstić information content (AvgIpc) is 3.02. The zero-order chi connectivity index (χ0) is 21.1. The lowest BCUT2D eigenvalue weighted by atomic mass is 10.0. The molecule has 1 heterocycles. The molecule has 0 fully saturated rings. The molecular weight excluding hydrogens is 396 g/mol. The molecule has 150 valence electrons. The van der Waals surface area contributed by atoms with Gasteiger partial charge in [-0.05, 0) is 34.5 Å². The molecule has 0 radical (unpaired) electrons. The highest BCUT2D eigenvalue weighted by molar-refractivity contribution is 7.07. The van der Waals surface area contributed by atoms with Gasteiger partial charge in [-0.25, -0.2) is 0 Å². The Labute approximate surface area is 177 Å². The fraction of sp³-hybridized carbons (Fsp3) is 0.0833. The van der Waals surface area contributed by atoms with Crippen LogP contribution in [0.4, 0.5) is 5.69 Å². The smallest absolute Gasteiger partial charge is 0.268 e. The second-order valence-corrected chi connectivity index (χ2v) is 7.78. The lowest BCUT2D eigenvalue weighted by Gasteiger charge is -2.07. The van der Waals surface area contributed by atoms with E-state index in [2.05, 4.69) is 5.32 Å². The average molecular weight is 417 g/mol. The van der Waals surface area contributed by atoms with Gasteiger partial charge in [0.25, 0.3) is 11.5 Å². The molecule has 0 aliphatic rings. The number of anilines is 1. The summed E-state index contributed by atoms with van der Waals surface area (Å²) in [6.07, 6.45) is 3.31. The fourth-order valence-electron chi connectivity index (χ4n) is 3.25. The first-order chi connectivity index (χ1) is 14.6. The predicted octanol–water partition coefficient (Wildman–Crippen LogP) is 2.86. The molecule has 1 N–H and O–H groups in total. The molecule has 0 saturated heterocycles. The Hall–Kier alpha value is -3.64. The van der Waals surface area contributed by atoms with Gasteiger partial charge in [0.05, 0.1) is 17.3 Å². The van der Waals surface area contributed by atoms with Gasteiger partial charge >= 0.3 is 0 Å². The van der Waals surface area contributed by atoms with Crippen molar-refractivity contribution in [2.45, 2.75) is 0 Å². The van der Waals surface area contributed by atoms with Crippen molar-refractivity contribution in [2.75, 3.05) is 12.4 Å². The van der Waals surface area contributed by atoms with E-state index in [0.717, 1.165) is 16.3 Å². The van der Waals surface area contributed by atoms with E-state index >= 15 is 0 Å². The van der Waals surface area contributed by atoms with Crippen LogP contribution in [0.15, 0.2) is 71.5 Å². The summed E-state index contributed by atoms with van der Waals surface area (Å²) >= 11 is 1.29. The zero-order valence-corrected chi connectivity index (χ0v) is 17.4. The number of nitrogens with one attached hydrogen (secondary N) is 1. The molecule has 3 aromatic carbocycles. The Morgan fingerprint density at radius 2 is 1.77 bits per heavy atom. The summed E-state index contributed by atoms with van der Waals surface area (Å²) in [5.74, 6) is 0.248. The van der Waals surface area contributed by atoms with Gasteiger partial charge < -0.3 is 14.6 Å². The minimum atomic E-state index is -0.326. The molecule has 4 rings (SSSR count). The molecule has 0 unspecified atom stereocenters. The van der Waals surface area contributed by atoms with Crippen LogP contribution in [0.3, 0.4) is 0 Å². The van der Waals surface area contributed by atoms with Crippen molar-refractivity contribution in [3.05, 3.63) is 91.8 Å². The summed E-state index contributed by atoms with van der Waals surface area (Å²) < 4.78 is 7.89. The molecule has 30 heavy (non-hydrogen) atoms. The van der Waals surface area contributed by atoms with Crippen LogP contribution in [0.25, 0.3) is 22.9 Å². The topological polar surface area (TPSA) is 60.3 Å². The van der Waals surface area contributed by atoms with Crippen LogP contribution in [0, 0.1) is 0 Å². The summed E-state index contributed by atoms with van der Waals surface area (Å²) in [6, 6.07) is 21.2. The van der Waals surface area contributed by atoms with Crippen LogP contribution in [0.2, 0.25) is 0 Å². The van der Waals surface area contributed by atoms with Crippen molar-refractivity contribution in [3.8, 4) is 5.75 Å². The van der Waals surface area contributed by atoms with E-state index in [4.69, 9.17) is 4.74 Å². The van der Waals surface area contributed by atoms with Crippen molar-refractivity contribution < 1.29 is 9.53 Å². The third-order valence-electron chi connectivity index (χ3n) is 4.79. The summed E-state index contributed by atoms with van der Waals surface area (Å²) in [4.78, 5) is 25.3. The Morgan fingerprint density at radius 1 is 1.03 bits per heavy atom. The van der Waals surface area contributed by atoms with Gasteiger partial charge in [-0.1, -0.05) is 54.6 Å². The minimum Gasteiger partial charge on any atom is -0.495 e. The Balaban J connectivity index is 1.73. The highest BCUT2D eigenvalue weighted by atomic mass is 32.1. The van der Waals surface area contributed by atoms with E-state index in [9.17, 15) is 9.59 Å². The third-order valence-corrected chi connectivity index (χ3v) is 5.90. The van der Waals surface area contributed by atoms with Crippen molar-refractivity contribution in [1.82, 2.24) is 4.57 Å². The highest BCUT2D eigenvalue weighted by Crippen LogP contribution is 2.22. The Kier molecular flexibility index (Phi) is 5.50. The zero-order valence-electron chi connectivity index (χ0n) is 16.6. The first kappa shape index (κ1) is 19.7. The van der Waals surface area contributed by atoms with Gasteiger partial charge in [0, 0.05) is 13.1 Å². The number of amides is 1. The summed E-state index contributed by atoms with van der Waals surface area (Å²) in [7, 11) is 3.22. The summed E-state index contributed by atoms with van der Waals surface area (Å²) in [5, 5.41) is 4.99. The number of hydrogen-bond donors (Lipinski definition) is 1. The normalized spacial score (nSPS) is 12.3. The molecule has 1 amide bonds. The first-order valence-electron chi connectivity index (χ1n) is 9.38. The third kappa shape index (κ3) is 3.90. The van der Waals surface area contributed by atoms with Crippen LogP contribution in [-0.4, -0.2) is 17.6 Å². The molecule has 4 aromatic rings. The number of ether oxygens (including phenoxy) is 1. The van der Waals surface area contributed by atoms with Gasteiger partial charge in [0.15, 0.2) is 0 Å². The number of carbonyl (C=O) groups is 1. The fourth-order valence-corrected chi connectivity index (χ4v) is 4.28. The van der Waals surface area contributed by atoms with Gasteiger partial charge in [-0.15, -0.1) is 11.3 Å². The van der Waals surface area contributed by atoms with Crippen LogP contribution >= 0.6 is 11.3 Å². The number of nitrogens with zero attached hydrogens (tertiary/aromatic N) is 1. The van der Waals surface area contributed by atoms with Gasteiger partial charge in [0.2, 0.25) is 0 Å². The van der Waals surface area contributed by atoms with Gasteiger partial charge in [-0.3, -0.25) is 9.59 Å². The lowest BCUT2D eigenvalue weighted by molar-refractivity contribution is -0.110. The maximum Gasteiger partial charge on any atom is 0.268 e. The van der Waals surface area contributed by atoms with E-state index in [1.165, 1.54) is 22.0 Å². The van der Waals surface area contributed by atoms with E-state index in [0.29, 0.717) is 20.6 Å². The van der Waals surface area contributed by atoms with Crippen LogP contribution in [-0.2, 0) is 11.8 Å². The maximum atomic E-state index is 12.7. The number of para-hydroxylation sites is 2. The number of rotatable bonds is 4. The van der Waals surface area contributed by atoms with Crippen LogP contribution < -0.4 is 24.8 Å². The molecule has 0 saturated carbocycles. The monoisotopic (exact) mass is 416 g/mol. The number of hydrogen-bond acceptors (Lipinski definition) is 4. The molecule has 6 heteroatoms. The van der Waals surface area contributed by atoms with E-state index < -0.39 is 0 Å². The van der Waals surface area contributed by atoms with Crippen molar-refractivity contribution in [1.29, 1.82) is 0 Å². The number of thiazole rings is 1. The Morgan fingerprint density at radius 3 is 2.60 bits per heavy atom. The van der Waals surface area contributed by atoms with Gasteiger partial charge in [-0.2, -0.15) is 0 Å². The molecule has 0 aliphatic heterocycles. The summed E-state index contributed by atoms with van der Waals surface area (Å²) in [6.45, 7) is 0. The number of aromatic nitrogens is 1. The number of benzene rings is 3. The summed E-state index contributed by atoms with van der Waals surface area (Å²) in [5.41, 5.74) is 1.41. The van der Waals surface area contributed by atoms with Crippen LogP contribution in [0.1, 0.15) is 5.56 Å². The number of methoxy groups -OCH3 is 1. The SMILES string of the molecule is COc1ccccc1NC(=O)/C=c1\s/c(=C\c2cccc3ccccc23)c(=O)n1C.